The molecule has 0 aliphatic carbocycles. The van der Waals surface area contributed by atoms with Crippen LogP contribution in [0.2, 0.25) is 0 Å². The number of carboxylic acid groups (broad SMARTS) is 1. The zero-order chi connectivity index (χ0) is 22.3. The average molecular weight is 417 g/mol. The lowest BCUT2D eigenvalue weighted by atomic mass is 9.81. The van der Waals surface area contributed by atoms with Gasteiger partial charge in [0.25, 0.3) is 0 Å². The third kappa shape index (κ3) is 5.81. The van der Waals surface area contributed by atoms with Crippen LogP contribution in [-0.2, 0) is 16.6 Å². The molecule has 162 valence electrons. The molecule has 0 amide bonds. The number of aliphatic carboxylic acids is 1. The van der Waals surface area contributed by atoms with E-state index in [2.05, 4.69) is 92.1 Å². The molecule has 3 rings (SSSR count). The van der Waals surface area contributed by atoms with Crippen molar-refractivity contribution in [3.8, 4) is 0 Å². The summed E-state index contributed by atoms with van der Waals surface area (Å²) in [5.41, 5.74) is 6.48. The number of hydrogen-bond donors (Lipinski definition) is 1. The van der Waals surface area contributed by atoms with Gasteiger partial charge < -0.3 is 5.11 Å². The maximum atomic E-state index is 10.8. The maximum Gasteiger partial charge on any atom is 0.303 e. The molecule has 1 aliphatic heterocycles. The lowest BCUT2D eigenvalue weighted by molar-refractivity contribution is -0.438. The Balaban J connectivity index is 1.77. The summed E-state index contributed by atoms with van der Waals surface area (Å²) in [6.45, 7) is 7.64. The summed E-state index contributed by atoms with van der Waals surface area (Å²) < 4.78 is 2.43. The Morgan fingerprint density at radius 1 is 1.03 bits per heavy atom. The fourth-order valence-corrected chi connectivity index (χ4v) is 4.30. The van der Waals surface area contributed by atoms with Crippen molar-refractivity contribution in [2.45, 2.75) is 58.3 Å². The summed E-state index contributed by atoms with van der Waals surface area (Å²) in [5, 5.41) is 8.87. The number of rotatable bonds is 10. The van der Waals surface area contributed by atoms with Crippen LogP contribution in [0.1, 0.15) is 56.2 Å². The molecule has 0 saturated carbocycles. The van der Waals surface area contributed by atoms with Gasteiger partial charge in [-0.05, 0) is 51.7 Å². The van der Waals surface area contributed by atoms with Crippen LogP contribution in [-0.4, -0.2) is 27.9 Å². The summed E-state index contributed by atoms with van der Waals surface area (Å²) in [6.07, 6.45) is 12.6. The summed E-state index contributed by atoms with van der Waals surface area (Å²) in [7, 11) is 0. The van der Waals surface area contributed by atoms with Crippen LogP contribution in [0.5, 0.6) is 0 Å². The molecule has 0 atom stereocenters. The number of allylic oxidation sites excluding steroid dienone is 4. The second kappa shape index (κ2) is 10.4. The quantitative estimate of drug-likeness (QED) is 0.278. The molecule has 31 heavy (non-hydrogen) atoms. The maximum absolute atomic E-state index is 10.8. The number of nitrogens with zero attached hydrogens (tertiary/aromatic N) is 1. The standard InChI is InChI=1S/C28H33NO2/c1-22-18-19-25-24(21-22)28(2,3)26(29(25)20-12-6-11-17-27(30)31)16-10-5-9-15-23-13-7-4-8-14-23/h4-5,7-10,13-14,16,18-19,21H,6,11-12,15,17,20H2,1-3H3/p+1/b9-5+,16-10+. The van der Waals surface area contributed by atoms with Gasteiger partial charge in [-0.3, -0.25) is 4.79 Å². The van der Waals surface area contributed by atoms with Crippen molar-refractivity contribution in [3.05, 3.63) is 89.5 Å². The fraction of sp³-hybridized carbons (Fsp3) is 0.357. The lowest BCUT2D eigenvalue weighted by Crippen LogP contribution is -2.28. The number of carbonyl (C=O) groups is 1. The van der Waals surface area contributed by atoms with E-state index in [0.717, 1.165) is 32.2 Å². The minimum atomic E-state index is -0.708. The van der Waals surface area contributed by atoms with E-state index >= 15 is 0 Å². The predicted molar refractivity (Wildman–Crippen MR) is 129 cm³/mol. The Bertz CT molecular complexity index is 997. The first kappa shape index (κ1) is 22.7. The van der Waals surface area contributed by atoms with Gasteiger partial charge in [0, 0.05) is 30.5 Å². The normalized spacial score (nSPS) is 15.2. The molecule has 0 unspecified atom stereocenters. The van der Waals surface area contributed by atoms with Gasteiger partial charge in [0.1, 0.15) is 6.54 Å². The van der Waals surface area contributed by atoms with Gasteiger partial charge >= 0.3 is 5.97 Å². The Morgan fingerprint density at radius 3 is 2.55 bits per heavy atom. The molecule has 0 bridgehead atoms. The number of fused-ring (bicyclic) bond motifs is 1. The van der Waals surface area contributed by atoms with E-state index in [9.17, 15) is 4.79 Å². The number of benzene rings is 2. The summed E-state index contributed by atoms with van der Waals surface area (Å²) in [4.78, 5) is 10.8. The van der Waals surface area contributed by atoms with Crippen molar-refractivity contribution < 1.29 is 14.5 Å². The second-order valence-electron chi connectivity index (χ2n) is 8.86. The van der Waals surface area contributed by atoms with E-state index in [-0.39, 0.29) is 11.8 Å². The molecule has 1 N–H and O–H groups in total. The Hall–Kier alpha value is -2.94. The summed E-state index contributed by atoms with van der Waals surface area (Å²) >= 11 is 0. The summed E-state index contributed by atoms with van der Waals surface area (Å²) in [6, 6.07) is 17.2. The zero-order valence-electron chi connectivity index (χ0n) is 19.0. The van der Waals surface area contributed by atoms with Crippen LogP contribution in [0, 0.1) is 6.92 Å². The van der Waals surface area contributed by atoms with Gasteiger partial charge in [-0.2, -0.15) is 4.58 Å². The number of hydrogen-bond acceptors (Lipinski definition) is 1. The van der Waals surface area contributed by atoms with Gasteiger partial charge in [0.15, 0.2) is 5.71 Å². The average Bonchev–Trinajstić information content (AvgIpc) is 2.94. The van der Waals surface area contributed by atoms with Crippen molar-refractivity contribution in [2.75, 3.05) is 6.54 Å². The van der Waals surface area contributed by atoms with Gasteiger partial charge in [-0.25, -0.2) is 0 Å². The van der Waals surface area contributed by atoms with Gasteiger partial charge in [-0.15, -0.1) is 0 Å². The molecular weight excluding hydrogens is 382 g/mol. The van der Waals surface area contributed by atoms with E-state index < -0.39 is 5.97 Å². The topological polar surface area (TPSA) is 40.3 Å². The Kier molecular flexibility index (Phi) is 7.62. The van der Waals surface area contributed by atoms with E-state index in [1.165, 1.54) is 28.1 Å². The van der Waals surface area contributed by atoms with Crippen LogP contribution in [0.4, 0.5) is 5.69 Å². The Labute approximate surface area is 186 Å². The molecule has 2 aromatic rings. The zero-order valence-corrected chi connectivity index (χ0v) is 19.0. The highest BCUT2D eigenvalue weighted by atomic mass is 16.4. The van der Waals surface area contributed by atoms with Crippen LogP contribution in [0.3, 0.4) is 0 Å². The fourth-order valence-electron chi connectivity index (χ4n) is 4.30. The highest BCUT2D eigenvalue weighted by Gasteiger charge is 2.43. The summed E-state index contributed by atoms with van der Waals surface area (Å²) in [5.74, 6) is -0.708. The third-order valence-corrected chi connectivity index (χ3v) is 6.02. The molecule has 3 heteroatoms. The van der Waals surface area contributed by atoms with Crippen molar-refractivity contribution in [2.24, 2.45) is 0 Å². The molecule has 1 aliphatic rings. The van der Waals surface area contributed by atoms with Crippen LogP contribution in [0.15, 0.2) is 72.8 Å². The first-order chi connectivity index (χ1) is 14.9. The minimum absolute atomic E-state index is 0.0633. The van der Waals surface area contributed by atoms with Gasteiger partial charge in [-0.1, -0.05) is 60.2 Å². The predicted octanol–water partition coefficient (Wildman–Crippen LogP) is 6.37. The molecule has 3 nitrogen and oxygen atoms in total. The van der Waals surface area contributed by atoms with Gasteiger partial charge in [0.2, 0.25) is 5.69 Å². The van der Waals surface area contributed by atoms with Crippen molar-refractivity contribution in [3.63, 3.8) is 0 Å². The van der Waals surface area contributed by atoms with Crippen molar-refractivity contribution in [1.29, 1.82) is 0 Å². The molecule has 0 saturated heterocycles. The smallest absolute Gasteiger partial charge is 0.303 e. The van der Waals surface area contributed by atoms with Crippen molar-refractivity contribution >= 4 is 17.4 Å². The van der Waals surface area contributed by atoms with Crippen LogP contribution in [0.25, 0.3) is 0 Å². The molecule has 2 aromatic carbocycles. The highest BCUT2D eigenvalue weighted by Crippen LogP contribution is 2.40. The SMILES string of the molecule is Cc1ccc2c(c1)C(C)(C)C(/C=C/C=C/Cc1ccccc1)=[N+]2CCCCCC(=O)O. The largest absolute Gasteiger partial charge is 0.481 e. The van der Waals surface area contributed by atoms with E-state index in [4.69, 9.17) is 5.11 Å². The minimum Gasteiger partial charge on any atom is -0.481 e. The van der Waals surface area contributed by atoms with Crippen molar-refractivity contribution in [1.82, 2.24) is 0 Å². The van der Waals surface area contributed by atoms with E-state index in [1.54, 1.807) is 0 Å². The van der Waals surface area contributed by atoms with E-state index in [1.807, 2.05) is 6.07 Å². The van der Waals surface area contributed by atoms with Gasteiger partial charge in [0.05, 0.1) is 5.41 Å². The molecule has 0 radical (unpaired) electrons. The number of carboxylic acids is 1. The molecule has 0 fully saturated rings. The highest BCUT2D eigenvalue weighted by molar-refractivity contribution is 6.03. The molecule has 0 spiro atoms. The first-order valence-corrected chi connectivity index (χ1v) is 11.2. The number of unbranched alkanes of at least 4 members (excludes halogenated alkanes) is 2. The second-order valence-corrected chi connectivity index (χ2v) is 8.86. The molecular formula is C28H34NO2+. The van der Waals surface area contributed by atoms with E-state index in [0.29, 0.717) is 0 Å². The lowest BCUT2D eigenvalue weighted by Gasteiger charge is -2.15. The van der Waals surface area contributed by atoms with Crippen LogP contribution < -0.4 is 0 Å². The first-order valence-electron chi connectivity index (χ1n) is 11.2. The molecule has 1 heterocycles. The Morgan fingerprint density at radius 2 is 1.81 bits per heavy atom. The number of aryl methyl sites for hydroxylation is 1. The monoisotopic (exact) mass is 416 g/mol. The molecule has 0 aromatic heterocycles. The third-order valence-electron chi connectivity index (χ3n) is 6.02. The van der Waals surface area contributed by atoms with Crippen LogP contribution >= 0.6 is 0 Å².